The van der Waals surface area contributed by atoms with Crippen LogP contribution in [0.15, 0.2) is 77.2 Å². The molecule has 0 unspecified atom stereocenters. The number of phenols is 1. The van der Waals surface area contributed by atoms with Gasteiger partial charge in [0.25, 0.3) is 5.56 Å². The van der Waals surface area contributed by atoms with E-state index in [0.29, 0.717) is 33.7 Å². The number of aromatic hydroxyl groups is 1. The van der Waals surface area contributed by atoms with E-state index in [0.717, 1.165) is 4.57 Å². The zero-order chi connectivity index (χ0) is 35.6. The van der Waals surface area contributed by atoms with Crippen molar-refractivity contribution in [1.82, 2.24) is 23.5 Å². The second-order valence-corrected chi connectivity index (χ2v) is 13.2. The highest BCUT2D eigenvalue weighted by Crippen LogP contribution is 2.52. The molecule has 14 nitrogen and oxygen atoms in total. The molecule has 15 heteroatoms. The number of carbonyl (C=O) groups excluding carboxylic acids is 2. The number of carbonyl (C=O) groups is 2. The SMILES string of the molecule is CCOc1cccc([C@H]2C3=CCn4c(=O)n(CCc5nc6cc(OC)c(OC)cc6n(C)c5=O)c(=O)n4[C@@H]3CC3=C2C(=O)C(I)=CC3=O)c1O. The Morgan fingerprint density at radius 3 is 2.48 bits per heavy atom. The van der Waals surface area contributed by atoms with Crippen molar-refractivity contribution < 1.29 is 28.9 Å². The Morgan fingerprint density at radius 2 is 1.76 bits per heavy atom. The van der Waals surface area contributed by atoms with Gasteiger partial charge in [-0.25, -0.2) is 28.5 Å². The Kier molecular flexibility index (Phi) is 8.40. The van der Waals surface area contributed by atoms with Crippen LogP contribution in [0, 0.1) is 0 Å². The van der Waals surface area contributed by atoms with E-state index < -0.39 is 28.9 Å². The molecule has 1 aliphatic heterocycles. The molecule has 0 saturated carbocycles. The number of hydrogen-bond donors (Lipinski definition) is 1. The number of benzene rings is 2. The molecule has 3 aliphatic rings. The summed E-state index contributed by atoms with van der Waals surface area (Å²) in [6.07, 6.45) is 3.03. The molecule has 0 amide bonds. The Bertz CT molecular complexity index is 2430. The van der Waals surface area contributed by atoms with Crippen LogP contribution in [0.5, 0.6) is 23.0 Å². The number of para-hydroxylation sites is 1. The number of fused-ring (bicyclic) bond motifs is 4. The van der Waals surface area contributed by atoms with E-state index in [-0.39, 0.29) is 76.0 Å². The molecule has 50 heavy (non-hydrogen) atoms. The number of hydrogen-bond acceptors (Lipinski definition) is 10. The number of ketones is 2. The lowest BCUT2D eigenvalue weighted by atomic mass is 9.68. The largest absolute Gasteiger partial charge is 0.504 e. The Balaban J connectivity index is 1.30. The molecule has 4 aromatic rings. The van der Waals surface area contributed by atoms with Gasteiger partial charge in [-0.1, -0.05) is 18.2 Å². The normalized spacial score (nSPS) is 18.3. The Morgan fingerprint density at radius 1 is 1.02 bits per heavy atom. The van der Waals surface area contributed by atoms with Crippen LogP contribution >= 0.6 is 22.6 Å². The lowest BCUT2D eigenvalue weighted by Crippen LogP contribution is -2.40. The first-order valence-electron chi connectivity index (χ1n) is 15.9. The molecule has 2 aromatic heterocycles. The van der Waals surface area contributed by atoms with Gasteiger partial charge in [-0.3, -0.25) is 14.4 Å². The fourth-order valence-electron chi connectivity index (χ4n) is 7.20. The van der Waals surface area contributed by atoms with Crippen LogP contribution < -0.4 is 31.1 Å². The highest BCUT2D eigenvalue weighted by atomic mass is 127. The maximum Gasteiger partial charge on any atom is 0.347 e. The van der Waals surface area contributed by atoms with Gasteiger partial charge in [-0.15, -0.1) is 0 Å². The highest BCUT2D eigenvalue weighted by Gasteiger charge is 2.46. The molecule has 1 N–H and O–H groups in total. The first kappa shape index (κ1) is 33.3. The van der Waals surface area contributed by atoms with Crippen LogP contribution in [-0.4, -0.2) is 61.0 Å². The summed E-state index contributed by atoms with van der Waals surface area (Å²) in [6.45, 7) is 1.94. The van der Waals surface area contributed by atoms with Gasteiger partial charge in [-0.05, 0) is 41.2 Å². The predicted molar refractivity (Wildman–Crippen MR) is 190 cm³/mol. The van der Waals surface area contributed by atoms with E-state index in [4.69, 9.17) is 14.2 Å². The molecular formula is C35H32IN5O9. The molecule has 2 atom stereocenters. The van der Waals surface area contributed by atoms with Crippen LogP contribution in [0.3, 0.4) is 0 Å². The second kappa shape index (κ2) is 12.6. The van der Waals surface area contributed by atoms with Gasteiger partial charge in [0.05, 0.1) is 48.0 Å². The maximum absolute atomic E-state index is 14.1. The van der Waals surface area contributed by atoms with Gasteiger partial charge in [0, 0.05) is 67.3 Å². The fourth-order valence-corrected chi connectivity index (χ4v) is 7.77. The zero-order valence-electron chi connectivity index (χ0n) is 27.6. The van der Waals surface area contributed by atoms with Gasteiger partial charge < -0.3 is 23.9 Å². The van der Waals surface area contributed by atoms with E-state index in [2.05, 4.69) is 4.98 Å². The summed E-state index contributed by atoms with van der Waals surface area (Å²) in [5, 5.41) is 11.3. The third-order valence-electron chi connectivity index (χ3n) is 9.54. The Labute approximate surface area is 297 Å². The minimum atomic E-state index is -0.876. The number of aryl methyl sites for hydroxylation is 2. The molecule has 2 aliphatic carbocycles. The van der Waals surface area contributed by atoms with Crippen molar-refractivity contribution >= 4 is 45.2 Å². The number of Topliss-reactive ketones (excluding diaryl/α,β-unsaturated/α-hetero) is 1. The minimum Gasteiger partial charge on any atom is -0.504 e. The Hall–Kier alpha value is -5.19. The number of rotatable bonds is 8. The van der Waals surface area contributed by atoms with Crippen LogP contribution in [0.2, 0.25) is 0 Å². The van der Waals surface area contributed by atoms with Crippen molar-refractivity contribution in [3.8, 4) is 23.0 Å². The highest BCUT2D eigenvalue weighted by molar-refractivity contribution is 14.1. The van der Waals surface area contributed by atoms with Gasteiger partial charge in [0.15, 0.2) is 34.6 Å². The van der Waals surface area contributed by atoms with Crippen LogP contribution in [0.4, 0.5) is 0 Å². The van der Waals surface area contributed by atoms with Gasteiger partial charge >= 0.3 is 11.4 Å². The number of methoxy groups -OCH3 is 2. The first-order chi connectivity index (χ1) is 24.0. The third kappa shape index (κ3) is 5.04. The van der Waals surface area contributed by atoms with E-state index >= 15 is 0 Å². The van der Waals surface area contributed by atoms with E-state index in [9.17, 15) is 29.1 Å². The summed E-state index contributed by atoms with van der Waals surface area (Å²) in [5.41, 5.74) is 0.939. The first-order valence-corrected chi connectivity index (χ1v) is 17.0. The number of nitrogens with zero attached hydrogens (tertiary/aromatic N) is 5. The van der Waals surface area contributed by atoms with Crippen molar-refractivity contribution in [2.75, 3.05) is 20.8 Å². The van der Waals surface area contributed by atoms with Crippen molar-refractivity contribution in [2.24, 2.45) is 7.05 Å². The van der Waals surface area contributed by atoms with Crippen LogP contribution in [0.1, 0.15) is 36.6 Å². The lowest BCUT2D eigenvalue weighted by Gasteiger charge is -2.39. The predicted octanol–water partition coefficient (Wildman–Crippen LogP) is 2.86. The number of phenolic OH excluding ortho intramolecular Hbond substituents is 1. The summed E-state index contributed by atoms with van der Waals surface area (Å²) in [7, 11) is 4.59. The number of allylic oxidation sites excluding steroid dienone is 6. The van der Waals surface area contributed by atoms with Crippen molar-refractivity contribution in [3.05, 3.63) is 105 Å². The minimum absolute atomic E-state index is 0.00397. The van der Waals surface area contributed by atoms with Crippen LogP contribution in [-0.2, 0) is 36.1 Å². The number of aromatic nitrogens is 5. The molecule has 7 rings (SSSR count). The molecular weight excluding hydrogens is 761 g/mol. The molecule has 3 heterocycles. The average Bonchev–Trinajstić information content (AvgIpc) is 3.36. The monoisotopic (exact) mass is 793 g/mol. The van der Waals surface area contributed by atoms with Gasteiger partial charge in [0.2, 0.25) is 0 Å². The average molecular weight is 794 g/mol. The lowest BCUT2D eigenvalue weighted by molar-refractivity contribution is -0.115. The van der Waals surface area contributed by atoms with Crippen molar-refractivity contribution in [3.63, 3.8) is 0 Å². The van der Waals surface area contributed by atoms with Gasteiger partial charge in [0.1, 0.15) is 5.69 Å². The maximum atomic E-state index is 14.1. The van der Waals surface area contributed by atoms with Gasteiger partial charge in [-0.2, -0.15) is 0 Å². The van der Waals surface area contributed by atoms with Crippen LogP contribution in [0.25, 0.3) is 11.0 Å². The quantitative estimate of drug-likeness (QED) is 0.159. The second-order valence-electron chi connectivity index (χ2n) is 12.1. The number of ether oxygens (including phenoxy) is 3. The summed E-state index contributed by atoms with van der Waals surface area (Å²) in [4.78, 5) is 72.9. The smallest absolute Gasteiger partial charge is 0.347 e. The van der Waals surface area contributed by atoms with E-state index in [1.54, 1.807) is 50.4 Å². The molecule has 0 spiro atoms. The molecule has 0 bridgehead atoms. The zero-order valence-corrected chi connectivity index (χ0v) is 29.7. The van der Waals surface area contributed by atoms with E-state index in [1.165, 1.54) is 34.2 Å². The molecule has 258 valence electrons. The summed E-state index contributed by atoms with van der Waals surface area (Å²) >= 11 is 1.84. The fraction of sp³-hybridized carbons (Fsp3) is 0.314. The molecule has 0 saturated heterocycles. The molecule has 0 fully saturated rings. The van der Waals surface area contributed by atoms with E-state index in [1.807, 2.05) is 22.6 Å². The van der Waals surface area contributed by atoms with Crippen molar-refractivity contribution in [1.29, 1.82) is 0 Å². The topological polar surface area (TPSA) is 166 Å². The summed E-state index contributed by atoms with van der Waals surface area (Å²) in [5.74, 6) is -0.666. The standard InChI is InChI=1S/C35H32IN5O9/c1-5-50-26-8-6-7-18(31(26)43)29-17-9-12-40-34(46)39(35(47)41(40)23(17)13-19-25(42)14-20(36)32(44)30(19)29)11-10-21-33(45)38(2)24-16-28(49-4)27(48-3)15-22(24)37-21/h6-9,14-16,23,29,43H,5,10-13H2,1-4H3/t23-,29-/m1/s1. The number of halogens is 1. The third-order valence-corrected chi connectivity index (χ3v) is 10.3. The van der Waals surface area contributed by atoms with Crippen molar-refractivity contribution in [2.45, 2.75) is 44.8 Å². The molecule has 0 radical (unpaired) electrons. The summed E-state index contributed by atoms with van der Waals surface area (Å²) < 4.78 is 21.8. The summed E-state index contributed by atoms with van der Waals surface area (Å²) in [6, 6.07) is 7.47. The molecule has 2 aromatic carbocycles.